The van der Waals surface area contributed by atoms with Crippen LogP contribution in [0.2, 0.25) is 0 Å². The van der Waals surface area contributed by atoms with Crippen LogP contribution < -0.4 is 10.6 Å². The molecule has 0 atom stereocenters. The summed E-state index contributed by atoms with van der Waals surface area (Å²) in [5.41, 5.74) is 6.91. The van der Waals surface area contributed by atoms with Crippen molar-refractivity contribution in [3.63, 3.8) is 0 Å². The van der Waals surface area contributed by atoms with Gasteiger partial charge in [0.1, 0.15) is 17.0 Å². The van der Waals surface area contributed by atoms with E-state index < -0.39 is 0 Å². The first kappa shape index (κ1) is 15.1. The highest BCUT2D eigenvalue weighted by molar-refractivity contribution is 7.80. The van der Waals surface area contributed by atoms with Crippen molar-refractivity contribution in [1.29, 1.82) is 0 Å². The lowest BCUT2D eigenvalue weighted by atomic mass is 10.2. The molecule has 0 amide bonds. The lowest BCUT2D eigenvalue weighted by Gasteiger charge is -2.28. The van der Waals surface area contributed by atoms with Gasteiger partial charge in [0.05, 0.1) is 10.4 Å². The Morgan fingerprint density at radius 2 is 2.10 bits per heavy atom. The van der Waals surface area contributed by atoms with Crippen molar-refractivity contribution >= 4 is 44.6 Å². The molecule has 0 saturated heterocycles. The highest BCUT2D eigenvalue weighted by Gasteiger charge is 2.19. The smallest absolute Gasteiger partial charge is 0.141 e. The molecule has 4 nitrogen and oxygen atoms in total. The Bertz CT molecular complexity index is 633. The third kappa shape index (κ3) is 2.91. The minimum atomic E-state index is 0.335. The average molecular weight is 308 g/mol. The molecular formula is C14H20N4S2. The van der Waals surface area contributed by atoms with Crippen molar-refractivity contribution < 1.29 is 0 Å². The molecule has 2 aromatic heterocycles. The van der Waals surface area contributed by atoms with E-state index in [0.29, 0.717) is 17.5 Å². The Hall–Kier alpha value is -1.27. The molecule has 0 aliphatic rings. The fraction of sp³-hybridized carbons (Fsp3) is 0.500. The number of nitrogens with two attached hydrogens (primary N) is 1. The summed E-state index contributed by atoms with van der Waals surface area (Å²) in [6, 6.07) is 0.335. The van der Waals surface area contributed by atoms with Gasteiger partial charge >= 0.3 is 0 Å². The minimum Gasteiger partial charge on any atom is -0.393 e. The summed E-state index contributed by atoms with van der Waals surface area (Å²) in [6.07, 6.45) is 2.34. The topological polar surface area (TPSA) is 55.0 Å². The molecule has 108 valence electrons. The zero-order valence-corrected chi connectivity index (χ0v) is 13.9. The van der Waals surface area contributed by atoms with E-state index in [1.54, 1.807) is 17.7 Å². The van der Waals surface area contributed by atoms with Crippen molar-refractivity contribution in [3.8, 4) is 0 Å². The van der Waals surface area contributed by atoms with E-state index in [1.165, 1.54) is 10.4 Å². The zero-order chi connectivity index (χ0) is 14.9. The first-order valence-electron chi connectivity index (χ1n) is 6.67. The summed E-state index contributed by atoms with van der Waals surface area (Å²) in [5, 5.41) is 1.16. The van der Waals surface area contributed by atoms with Crippen LogP contribution in [0.5, 0.6) is 0 Å². The average Bonchev–Trinajstić information content (AvgIpc) is 2.65. The number of aromatic nitrogens is 2. The zero-order valence-electron chi connectivity index (χ0n) is 12.3. The molecule has 0 fully saturated rings. The number of fused-ring (bicyclic) bond motifs is 1. The minimum absolute atomic E-state index is 0.335. The molecule has 0 saturated carbocycles. The maximum absolute atomic E-state index is 5.64. The Labute approximate surface area is 129 Å². The quantitative estimate of drug-likeness (QED) is 0.860. The van der Waals surface area contributed by atoms with Gasteiger partial charge in [-0.3, -0.25) is 0 Å². The van der Waals surface area contributed by atoms with Gasteiger partial charge in [0.25, 0.3) is 0 Å². The SMILES string of the molecule is Cc1sc2ncnc(N(CCC(N)=S)C(C)C)c2c1C. The highest BCUT2D eigenvalue weighted by atomic mass is 32.1. The number of aryl methyl sites for hydroxylation is 2. The Kier molecular flexibility index (Phi) is 4.55. The van der Waals surface area contributed by atoms with Crippen LogP contribution in [0.4, 0.5) is 5.82 Å². The van der Waals surface area contributed by atoms with Crippen LogP contribution in [0, 0.1) is 13.8 Å². The van der Waals surface area contributed by atoms with Crippen LogP contribution in [0.1, 0.15) is 30.7 Å². The standard InChI is InChI=1S/C14H20N4S2/c1-8(2)18(6-5-11(15)19)13-12-9(3)10(4)20-14(12)17-7-16-13/h7-8H,5-6H2,1-4H3,(H2,15,19). The van der Waals surface area contributed by atoms with Gasteiger partial charge in [-0.05, 0) is 33.3 Å². The molecule has 2 heterocycles. The highest BCUT2D eigenvalue weighted by Crippen LogP contribution is 2.34. The Balaban J connectivity index is 2.50. The summed E-state index contributed by atoms with van der Waals surface area (Å²) >= 11 is 6.71. The predicted octanol–water partition coefficient (Wildman–Crippen LogP) is 3.20. The molecule has 0 aliphatic heterocycles. The monoisotopic (exact) mass is 308 g/mol. The lowest BCUT2D eigenvalue weighted by Crippen LogP contribution is -2.34. The maximum atomic E-state index is 5.64. The van der Waals surface area contributed by atoms with Crippen LogP contribution in [0.25, 0.3) is 10.2 Å². The van der Waals surface area contributed by atoms with Crippen LogP contribution in [-0.2, 0) is 0 Å². The largest absolute Gasteiger partial charge is 0.393 e. The number of hydrogen-bond donors (Lipinski definition) is 1. The second kappa shape index (κ2) is 6.01. The maximum Gasteiger partial charge on any atom is 0.141 e. The summed E-state index contributed by atoms with van der Waals surface area (Å²) in [5.74, 6) is 0.989. The number of thiophene rings is 1. The molecule has 0 aliphatic carbocycles. The van der Waals surface area contributed by atoms with E-state index in [4.69, 9.17) is 18.0 Å². The third-order valence-corrected chi connectivity index (χ3v) is 4.76. The molecule has 0 bridgehead atoms. The Morgan fingerprint density at radius 1 is 1.40 bits per heavy atom. The molecule has 2 aromatic rings. The van der Waals surface area contributed by atoms with Crippen molar-refractivity contribution in [3.05, 3.63) is 16.8 Å². The van der Waals surface area contributed by atoms with Gasteiger partial charge < -0.3 is 10.6 Å². The van der Waals surface area contributed by atoms with E-state index in [2.05, 4.69) is 42.6 Å². The first-order valence-corrected chi connectivity index (χ1v) is 7.90. The second-order valence-electron chi connectivity index (χ2n) is 5.16. The molecule has 6 heteroatoms. The normalized spacial score (nSPS) is 11.2. The van der Waals surface area contributed by atoms with Crippen LogP contribution in [0.3, 0.4) is 0 Å². The molecule has 2 N–H and O–H groups in total. The molecule has 2 rings (SSSR count). The summed E-state index contributed by atoms with van der Waals surface area (Å²) in [4.78, 5) is 14.0. The molecule has 0 unspecified atom stereocenters. The number of thiocarbonyl (C=S) groups is 1. The third-order valence-electron chi connectivity index (χ3n) is 3.44. The fourth-order valence-electron chi connectivity index (χ4n) is 2.22. The predicted molar refractivity (Wildman–Crippen MR) is 90.8 cm³/mol. The molecule has 0 spiro atoms. The van der Waals surface area contributed by atoms with E-state index in [1.807, 2.05) is 0 Å². The van der Waals surface area contributed by atoms with Crippen molar-refractivity contribution in [1.82, 2.24) is 9.97 Å². The number of rotatable bonds is 5. The molecule has 20 heavy (non-hydrogen) atoms. The fourth-order valence-corrected chi connectivity index (χ4v) is 3.30. The van der Waals surface area contributed by atoms with Gasteiger partial charge in [-0.25, -0.2) is 9.97 Å². The van der Waals surface area contributed by atoms with Gasteiger partial charge in [0.2, 0.25) is 0 Å². The van der Waals surface area contributed by atoms with Gasteiger partial charge in [-0.1, -0.05) is 12.2 Å². The van der Waals surface area contributed by atoms with Crippen molar-refractivity contribution in [2.24, 2.45) is 5.73 Å². The van der Waals surface area contributed by atoms with Gasteiger partial charge in [-0.2, -0.15) is 0 Å². The van der Waals surface area contributed by atoms with Crippen LogP contribution >= 0.6 is 23.6 Å². The van der Waals surface area contributed by atoms with E-state index in [0.717, 1.165) is 22.6 Å². The van der Waals surface area contributed by atoms with Crippen molar-refractivity contribution in [2.45, 2.75) is 40.2 Å². The first-order chi connectivity index (χ1) is 9.41. The molecule has 0 radical (unpaired) electrons. The molecular weight excluding hydrogens is 288 g/mol. The van der Waals surface area contributed by atoms with Crippen LogP contribution in [0.15, 0.2) is 6.33 Å². The van der Waals surface area contributed by atoms with E-state index >= 15 is 0 Å². The second-order valence-corrected chi connectivity index (χ2v) is 6.89. The number of anilines is 1. The van der Waals surface area contributed by atoms with Gasteiger partial charge in [0, 0.05) is 23.9 Å². The number of nitrogens with zero attached hydrogens (tertiary/aromatic N) is 3. The van der Waals surface area contributed by atoms with Gasteiger partial charge in [0.15, 0.2) is 0 Å². The summed E-state index contributed by atoms with van der Waals surface area (Å²) in [6.45, 7) is 9.35. The molecule has 0 aromatic carbocycles. The van der Waals surface area contributed by atoms with E-state index in [9.17, 15) is 0 Å². The van der Waals surface area contributed by atoms with Crippen molar-refractivity contribution in [2.75, 3.05) is 11.4 Å². The number of hydrogen-bond acceptors (Lipinski definition) is 5. The van der Waals surface area contributed by atoms with Crippen LogP contribution in [-0.4, -0.2) is 27.5 Å². The Morgan fingerprint density at radius 3 is 2.70 bits per heavy atom. The van der Waals surface area contributed by atoms with E-state index in [-0.39, 0.29) is 0 Å². The lowest BCUT2D eigenvalue weighted by molar-refractivity contribution is 0.683. The van der Waals surface area contributed by atoms with Gasteiger partial charge in [-0.15, -0.1) is 11.3 Å². The summed E-state index contributed by atoms with van der Waals surface area (Å²) in [7, 11) is 0. The summed E-state index contributed by atoms with van der Waals surface area (Å²) < 4.78 is 0.